The Bertz CT molecular complexity index is 1260. The number of piperazine rings is 1. The summed E-state index contributed by atoms with van der Waals surface area (Å²) in [5, 5.41) is 10.2. The van der Waals surface area contributed by atoms with Crippen LogP contribution in [0.15, 0.2) is 35.3 Å². The number of halogens is 1. The standard InChI is InChI=1S/C23H28ClN7O3/c1-14(2)31-18-5-4-16(10-15(18)11-19(22(31)33)34-13-20(32)25-3)28-21-17(24)12-27-23(29-21)30-8-6-26-7-9-30/h4-5,10-12,14,26H,6-9,13H2,1-3H3,(H,25,32)(H,27,28,29). The molecular weight excluding hydrogens is 458 g/mol. The van der Waals surface area contributed by atoms with Crippen molar-refractivity contribution in [2.75, 3.05) is 50.1 Å². The van der Waals surface area contributed by atoms with Crippen LogP contribution in [0.5, 0.6) is 5.75 Å². The molecule has 11 heteroatoms. The van der Waals surface area contributed by atoms with Gasteiger partial charge in [-0.05, 0) is 38.1 Å². The average Bonchev–Trinajstić information content (AvgIpc) is 2.84. The van der Waals surface area contributed by atoms with Crippen LogP contribution < -0.4 is 31.1 Å². The zero-order valence-electron chi connectivity index (χ0n) is 19.4. The molecule has 1 amide bonds. The summed E-state index contributed by atoms with van der Waals surface area (Å²) in [5.41, 5.74) is 1.21. The number of nitrogens with one attached hydrogen (secondary N) is 3. The minimum atomic E-state index is -0.315. The number of aromatic nitrogens is 3. The fraction of sp³-hybridized carbons (Fsp3) is 0.391. The molecule has 180 valence electrons. The van der Waals surface area contributed by atoms with E-state index < -0.39 is 0 Å². The first kappa shape index (κ1) is 23.8. The number of hydrogen-bond acceptors (Lipinski definition) is 8. The van der Waals surface area contributed by atoms with Gasteiger partial charge in [-0.2, -0.15) is 4.98 Å². The van der Waals surface area contributed by atoms with Gasteiger partial charge in [-0.25, -0.2) is 4.98 Å². The minimum absolute atomic E-state index is 0.102. The lowest BCUT2D eigenvalue weighted by Gasteiger charge is -2.27. The van der Waals surface area contributed by atoms with Crippen molar-refractivity contribution in [1.82, 2.24) is 25.2 Å². The molecule has 0 radical (unpaired) electrons. The summed E-state index contributed by atoms with van der Waals surface area (Å²) in [4.78, 5) is 35.7. The van der Waals surface area contributed by atoms with E-state index in [2.05, 4.69) is 30.8 Å². The van der Waals surface area contributed by atoms with E-state index in [1.54, 1.807) is 16.8 Å². The molecule has 0 spiro atoms. The highest BCUT2D eigenvalue weighted by Gasteiger charge is 2.17. The first-order chi connectivity index (χ1) is 16.4. The highest BCUT2D eigenvalue weighted by molar-refractivity contribution is 6.32. The third-order valence-corrected chi connectivity index (χ3v) is 5.83. The van der Waals surface area contributed by atoms with Crippen LogP contribution in [0, 0.1) is 0 Å². The third-order valence-electron chi connectivity index (χ3n) is 5.55. The molecule has 3 N–H and O–H groups in total. The summed E-state index contributed by atoms with van der Waals surface area (Å²) in [7, 11) is 1.52. The van der Waals surface area contributed by atoms with E-state index in [-0.39, 0.29) is 29.9 Å². The summed E-state index contributed by atoms with van der Waals surface area (Å²) in [6, 6.07) is 7.18. The van der Waals surface area contributed by atoms with Gasteiger partial charge in [0.2, 0.25) is 5.95 Å². The number of amides is 1. The smallest absolute Gasteiger partial charge is 0.293 e. The topological polar surface area (TPSA) is 113 Å². The molecule has 1 saturated heterocycles. The van der Waals surface area contributed by atoms with Gasteiger partial charge in [0.15, 0.2) is 18.2 Å². The monoisotopic (exact) mass is 485 g/mol. The van der Waals surface area contributed by atoms with Gasteiger partial charge in [-0.15, -0.1) is 0 Å². The SMILES string of the molecule is CNC(=O)COc1cc2cc(Nc3nc(N4CCNCC4)ncc3Cl)ccc2n(C(C)C)c1=O. The Kier molecular flexibility index (Phi) is 7.18. The summed E-state index contributed by atoms with van der Waals surface area (Å²) in [5.74, 6) is 0.915. The van der Waals surface area contributed by atoms with Crippen LogP contribution in [0.1, 0.15) is 19.9 Å². The maximum Gasteiger partial charge on any atom is 0.293 e. The molecule has 34 heavy (non-hydrogen) atoms. The molecule has 0 saturated carbocycles. The number of likely N-dealkylation sites (N-methyl/N-ethyl adjacent to an activating group) is 1. The van der Waals surface area contributed by atoms with Crippen molar-refractivity contribution in [3.05, 3.63) is 45.8 Å². The van der Waals surface area contributed by atoms with Crippen LogP contribution in [0.4, 0.5) is 17.5 Å². The maximum absolute atomic E-state index is 13.0. The molecule has 3 aromatic rings. The number of nitrogens with zero attached hydrogens (tertiary/aromatic N) is 4. The number of ether oxygens (including phenoxy) is 1. The Morgan fingerprint density at radius 2 is 2.03 bits per heavy atom. The normalized spacial score (nSPS) is 13.9. The highest BCUT2D eigenvalue weighted by atomic mass is 35.5. The van der Waals surface area contributed by atoms with Gasteiger partial charge >= 0.3 is 0 Å². The average molecular weight is 486 g/mol. The molecule has 1 aromatic carbocycles. The third kappa shape index (κ3) is 5.07. The van der Waals surface area contributed by atoms with Crippen molar-refractivity contribution in [1.29, 1.82) is 0 Å². The second-order valence-electron chi connectivity index (χ2n) is 8.24. The Labute approximate surface area is 202 Å². The van der Waals surface area contributed by atoms with Crippen LogP contribution in [-0.2, 0) is 4.79 Å². The Balaban J connectivity index is 1.68. The largest absolute Gasteiger partial charge is 0.478 e. The number of carbonyl (C=O) groups is 1. The van der Waals surface area contributed by atoms with Crippen LogP contribution in [0.2, 0.25) is 5.02 Å². The van der Waals surface area contributed by atoms with Crippen LogP contribution in [-0.4, -0.2) is 60.3 Å². The van der Waals surface area contributed by atoms with E-state index in [0.29, 0.717) is 16.8 Å². The van der Waals surface area contributed by atoms with Gasteiger partial charge in [0.05, 0.1) is 11.7 Å². The number of hydrogen-bond donors (Lipinski definition) is 3. The zero-order chi connectivity index (χ0) is 24.2. The van der Waals surface area contributed by atoms with Crippen LogP contribution in [0.3, 0.4) is 0 Å². The molecule has 4 rings (SSSR count). The summed E-state index contributed by atoms with van der Waals surface area (Å²) in [6.07, 6.45) is 1.59. The van der Waals surface area contributed by atoms with E-state index in [1.807, 2.05) is 32.0 Å². The number of fused-ring (bicyclic) bond motifs is 1. The Morgan fingerprint density at radius 1 is 1.26 bits per heavy atom. The van der Waals surface area contributed by atoms with Crippen molar-refractivity contribution < 1.29 is 9.53 Å². The predicted octanol–water partition coefficient (Wildman–Crippen LogP) is 2.30. The number of anilines is 3. The quantitative estimate of drug-likeness (QED) is 0.467. The van der Waals surface area contributed by atoms with Crippen LogP contribution >= 0.6 is 11.6 Å². The van der Waals surface area contributed by atoms with Gasteiger partial charge in [0.25, 0.3) is 11.5 Å². The number of benzene rings is 1. The molecular formula is C23H28ClN7O3. The Hall–Kier alpha value is -3.37. The van der Waals surface area contributed by atoms with Crippen molar-refractivity contribution in [2.45, 2.75) is 19.9 Å². The number of pyridine rings is 1. The predicted molar refractivity (Wildman–Crippen MR) is 134 cm³/mol. The Morgan fingerprint density at radius 3 is 2.74 bits per heavy atom. The first-order valence-corrected chi connectivity index (χ1v) is 11.5. The molecule has 1 aliphatic rings. The maximum atomic E-state index is 13.0. The second kappa shape index (κ2) is 10.3. The zero-order valence-corrected chi connectivity index (χ0v) is 20.1. The second-order valence-corrected chi connectivity index (χ2v) is 8.65. The number of carbonyl (C=O) groups excluding carboxylic acids is 1. The first-order valence-electron chi connectivity index (χ1n) is 11.1. The van der Waals surface area contributed by atoms with E-state index in [0.717, 1.165) is 42.8 Å². The van der Waals surface area contributed by atoms with E-state index in [1.165, 1.54) is 7.05 Å². The molecule has 0 atom stereocenters. The number of rotatable bonds is 7. The molecule has 2 aromatic heterocycles. The minimum Gasteiger partial charge on any atom is -0.478 e. The fourth-order valence-corrected chi connectivity index (χ4v) is 3.97. The van der Waals surface area contributed by atoms with Gasteiger partial charge in [-0.1, -0.05) is 11.6 Å². The molecule has 1 aliphatic heterocycles. The lowest BCUT2D eigenvalue weighted by Crippen LogP contribution is -2.44. The van der Waals surface area contributed by atoms with Crippen molar-refractivity contribution >= 4 is 45.9 Å². The lowest BCUT2D eigenvalue weighted by molar-refractivity contribution is -0.122. The molecule has 0 aliphatic carbocycles. The van der Waals surface area contributed by atoms with Crippen LogP contribution in [0.25, 0.3) is 10.9 Å². The molecule has 0 unspecified atom stereocenters. The lowest BCUT2D eigenvalue weighted by atomic mass is 10.1. The van der Waals surface area contributed by atoms with Gasteiger partial charge in [0, 0.05) is 50.3 Å². The molecule has 0 bridgehead atoms. The molecule has 3 heterocycles. The van der Waals surface area contributed by atoms with Gasteiger partial charge in [-0.3, -0.25) is 9.59 Å². The summed E-state index contributed by atoms with van der Waals surface area (Å²) < 4.78 is 7.18. The van der Waals surface area contributed by atoms with Crippen molar-refractivity contribution in [3.63, 3.8) is 0 Å². The van der Waals surface area contributed by atoms with E-state index in [9.17, 15) is 9.59 Å². The summed E-state index contributed by atoms with van der Waals surface area (Å²) in [6.45, 7) is 7.01. The van der Waals surface area contributed by atoms with Gasteiger partial charge in [0.1, 0.15) is 5.02 Å². The van der Waals surface area contributed by atoms with E-state index >= 15 is 0 Å². The van der Waals surface area contributed by atoms with Crippen molar-refractivity contribution in [3.8, 4) is 5.75 Å². The highest BCUT2D eigenvalue weighted by Crippen LogP contribution is 2.28. The molecule has 10 nitrogen and oxygen atoms in total. The van der Waals surface area contributed by atoms with Gasteiger partial charge < -0.3 is 30.2 Å². The molecule has 1 fully saturated rings. The van der Waals surface area contributed by atoms with Crippen molar-refractivity contribution in [2.24, 2.45) is 0 Å². The fourth-order valence-electron chi connectivity index (χ4n) is 3.83. The van der Waals surface area contributed by atoms with E-state index in [4.69, 9.17) is 16.3 Å². The summed E-state index contributed by atoms with van der Waals surface area (Å²) >= 11 is 6.38.